The largest absolute Gasteiger partial charge is 0.386 e. The Kier molecular flexibility index (Phi) is 5.95. The van der Waals surface area contributed by atoms with E-state index in [1.54, 1.807) is 12.1 Å². The smallest absolute Gasteiger partial charge is 0.267 e. The predicted octanol–water partition coefficient (Wildman–Crippen LogP) is 3.89. The maximum absolute atomic E-state index is 12.1. The van der Waals surface area contributed by atoms with Crippen LogP contribution in [0.15, 0.2) is 64.8 Å². The van der Waals surface area contributed by atoms with E-state index in [1.807, 2.05) is 49.4 Å². The normalized spacial score (nSPS) is 10.7. The van der Waals surface area contributed by atoms with E-state index < -0.39 is 5.91 Å². The third-order valence-corrected chi connectivity index (χ3v) is 3.61. The molecule has 2 N–H and O–H groups in total. The molecular formula is C18H16BrN3O. The summed E-state index contributed by atoms with van der Waals surface area (Å²) < 4.78 is 0.985. The molecule has 0 unspecified atom stereocenters. The van der Waals surface area contributed by atoms with Crippen LogP contribution in [0.2, 0.25) is 0 Å². The second-order valence-electron chi connectivity index (χ2n) is 5.00. The summed E-state index contributed by atoms with van der Waals surface area (Å²) in [6, 6.07) is 17.1. The number of hydrogen-bond donors (Lipinski definition) is 2. The van der Waals surface area contributed by atoms with Crippen LogP contribution in [0.3, 0.4) is 0 Å². The van der Waals surface area contributed by atoms with Gasteiger partial charge in [0.05, 0.1) is 0 Å². The van der Waals surface area contributed by atoms with Crippen molar-refractivity contribution in [1.82, 2.24) is 5.32 Å². The van der Waals surface area contributed by atoms with E-state index in [1.165, 1.54) is 6.20 Å². The average molecular weight is 370 g/mol. The molecule has 0 fully saturated rings. The van der Waals surface area contributed by atoms with Crippen LogP contribution < -0.4 is 10.6 Å². The highest BCUT2D eigenvalue weighted by molar-refractivity contribution is 9.10. The lowest BCUT2D eigenvalue weighted by molar-refractivity contribution is -0.112. The molecule has 2 aromatic carbocycles. The Labute approximate surface area is 144 Å². The van der Waals surface area contributed by atoms with Crippen molar-refractivity contribution in [2.45, 2.75) is 13.5 Å². The fourth-order valence-corrected chi connectivity index (χ4v) is 2.35. The topological polar surface area (TPSA) is 64.9 Å². The SMILES string of the molecule is Cc1ccc(NC(=O)/C(C#N)=C\NCc2cccc(Br)c2)cc1. The van der Waals surface area contributed by atoms with Gasteiger partial charge in [-0.2, -0.15) is 5.26 Å². The van der Waals surface area contributed by atoms with Crippen LogP contribution in [-0.2, 0) is 11.3 Å². The number of nitriles is 1. The average Bonchev–Trinajstić information content (AvgIpc) is 2.54. The van der Waals surface area contributed by atoms with E-state index in [0.29, 0.717) is 12.2 Å². The van der Waals surface area contributed by atoms with Crippen molar-refractivity contribution in [2.75, 3.05) is 5.32 Å². The molecule has 0 heterocycles. The van der Waals surface area contributed by atoms with Gasteiger partial charge in [0.25, 0.3) is 5.91 Å². The molecular weight excluding hydrogens is 354 g/mol. The molecule has 116 valence electrons. The molecule has 0 spiro atoms. The van der Waals surface area contributed by atoms with Gasteiger partial charge < -0.3 is 10.6 Å². The summed E-state index contributed by atoms with van der Waals surface area (Å²) in [5, 5.41) is 14.8. The fraction of sp³-hybridized carbons (Fsp3) is 0.111. The van der Waals surface area contributed by atoms with E-state index in [4.69, 9.17) is 5.26 Å². The third kappa shape index (κ3) is 5.28. The number of hydrogen-bond acceptors (Lipinski definition) is 3. The fourth-order valence-electron chi connectivity index (χ4n) is 1.90. The second-order valence-corrected chi connectivity index (χ2v) is 5.92. The Bertz CT molecular complexity index is 761. The van der Waals surface area contributed by atoms with Gasteiger partial charge in [0.15, 0.2) is 0 Å². The first-order valence-electron chi connectivity index (χ1n) is 7.04. The molecule has 1 amide bonds. The number of anilines is 1. The quantitative estimate of drug-likeness (QED) is 0.620. The minimum Gasteiger partial charge on any atom is -0.386 e. The van der Waals surface area contributed by atoms with E-state index in [-0.39, 0.29) is 5.57 Å². The predicted molar refractivity (Wildman–Crippen MR) is 94.5 cm³/mol. The van der Waals surface area contributed by atoms with Crippen molar-refractivity contribution >= 4 is 27.5 Å². The molecule has 0 aliphatic heterocycles. The molecule has 0 atom stereocenters. The molecule has 0 aliphatic rings. The molecule has 0 radical (unpaired) electrons. The Morgan fingerprint density at radius 1 is 1.26 bits per heavy atom. The first kappa shape index (κ1) is 16.8. The highest BCUT2D eigenvalue weighted by Gasteiger charge is 2.08. The highest BCUT2D eigenvalue weighted by atomic mass is 79.9. The first-order valence-corrected chi connectivity index (χ1v) is 7.84. The van der Waals surface area contributed by atoms with Crippen molar-refractivity contribution in [3.63, 3.8) is 0 Å². The lowest BCUT2D eigenvalue weighted by Crippen LogP contribution is -2.16. The van der Waals surface area contributed by atoms with Gasteiger partial charge in [-0.25, -0.2) is 0 Å². The summed E-state index contributed by atoms with van der Waals surface area (Å²) in [5.41, 5.74) is 2.84. The summed E-state index contributed by atoms with van der Waals surface area (Å²) in [6.07, 6.45) is 1.43. The highest BCUT2D eigenvalue weighted by Crippen LogP contribution is 2.12. The summed E-state index contributed by atoms with van der Waals surface area (Å²) >= 11 is 3.40. The van der Waals surface area contributed by atoms with Crippen LogP contribution in [-0.4, -0.2) is 5.91 Å². The Morgan fingerprint density at radius 2 is 2.00 bits per heavy atom. The molecule has 2 rings (SSSR count). The number of rotatable bonds is 5. The van der Waals surface area contributed by atoms with Crippen LogP contribution in [0, 0.1) is 18.3 Å². The van der Waals surface area contributed by atoms with Gasteiger partial charge in [0.2, 0.25) is 0 Å². The van der Waals surface area contributed by atoms with Crippen LogP contribution >= 0.6 is 15.9 Å². The van der Waals surface area contributed by atoms with Crippen LogP contribution in [0.4, 0.5) is 5.69 Å². The van der Waals surface area contributed by atoms with Gasteiger partial charge in [-0.3, -0.25) is 4.79 Å². The van der Waals surface area contributed by atoms with Gasteiger partial charge in [0, 0.05) is 22.9 Å². The molecule has 4 nitrogen and oxygen atoms in total. The number of carbonyl (C=O) groups excluding carboxylic acids is 1. The second kappa shape index (κ2) is 8.16. The van der Waals surface area contributed by atoms with E-state index in [0.717, 1.165) is 15.6 Å². The Hall–Kier alpha value is -2.58. The number of halogens is 1. The number of carbonyl (C=O) groups is 1. The third-order valence-electron chi connectivity index (χ3n) is 3.12. The zero-order chi connectivity index (χ0) is 16.7. The van der Waals surface area contributed by atoms with Crippen LogP contribution in [0.1, 0.15) is 11.1 Å². The summed E-state index contributed by atoms with van der Waals surface area (Å²) in [5.74, 6) is -0.432. The number of benzene rings is 2. The maximum atomic E-state index is 12.1. The molecule has 5 heteroatoms. The maximum Gasteiger partial charge on any atom is 0.267 e. The number of amides is 1. The molecule has 23 heavy (non-hydrogen) atoms. The van der Waals surface area contributed by atoms with Gasteiger partial charge in [-0.15, -0.1) is 0 Å². The van der Waals surface area contributed by atoms with E-state index in [9.17, 15) is 4.79 Å². The molecule has 2 aromatic rings. The Balaban J connectivity index is 1.96. The first-order chi connectivity index (χ1) is 11.1. The molecule has 0 aromatic heterocycles. The number of nitrogens with zero attached hydrogens (tertiary/aromatic N) is 1. The molecule has 0 saturated carbocycles. The van der Waals surface area contributed by atoms with Gasteiger partial charge in [0.1, 0.15) is 11.6 Å². The molecule has 0 bridgehead atoms. The Morgan fingerprint density at radius 3 is 2.65 bits per heavy atom. The van der Waals surface area contributed by atoms with Crippen molar-refractivity contribution in [3.8, 4) is 6.07 Å². The zero-order valence-electron chi connectivity index (χ0n) is 12.6. The summed E-state index contributed by atoms with van der Waals surface area (Å²) in [7, 11) is 0. The minimum absolute atomic E-state index is 0.0283. The summed E-state index contributed by atoms with van der Waals surface area (Å²) in [4.78, 5) is 12.1. The van der Waals surface area contributed by atoms with Crippen molar-refractivity contribution in [2.24, 2.45) is 0 Å². The zero-order valence-corrected chi connectivity index (χ0v) is 14.2. The van der Waals surface area contributed by atoms with Gasteiger partial charge in [-0.1, -0.05) is 45.8 Å². The van der Waals surface area contributed by atoms with E-state index >= 15 is 0 Å². The number of nitrogens with one attached hydrogen (secondary N) is 2. The monoisotopic (exact) mass is 369 g/mol. The molecule has 0 aliphatic carbocycles. The van der Waals surface area contributed by atoms with Crippen LogP contribution in [0.5, 0.6) is 0 Å². The summed E-state index contributed by atoms with van der Waals surface area (Å²) in [6.45, 7) is 2.50. The van der Waals surface area contributed by atoms with Gasteiger partial charge >= 0.3 is 0 Å². The standard InChI is InChI=1S/C18H16BrN3O/c1-13-5-7-17(8-6-13)22-18(23)15(10-20)12-21-11-14-3-2-4-16(19)9-14/h2-9,12,21H,11H2,1H3,(H,22,23)/b15-12-. The lowest BCUT2D eigenvalue weighted by atomic mass is 10.2. The molecule has 0 saturated heterocycles. The van der Waals surface area contributed by atoms with Gasteiger partial charge in [-0.05, 0) is 36.8 Å². The van der Waals surface area contributed by atoms with Crippen molar-refractivity contribution < 1.29 is 4.79 Å². The lowest BCUT2D eigenvalue weighted by Gasteiger charge is -2.06. The minimum atomic E-state index is -0.432. The van der Waals surface area contributed by atoms with Crippen molar-refractivity contribution in [3.05, 3.63) is 75.9 Å². The number of aryl methyl sites for hydroxylation is 1. The van der Waals surface area contributed by atoms with E-state index in [2.05, 4.69) is 26.6 Å². The van der Waals surface area contributed by atoms with Crippen LogP contribution in [0.25, 0.3) is 0 Å². The van der Waals surface area contributed by atoms with Crippen molar-refractivity contribution in [1.29, 1.82) is 5.26 Å².